The van der Waals surface area contributed by atoms with Crippen LogP contribution in [0.5, 0.6) is 0 Å². The van der Waals surface area contributed by atoms with Crippen LogP contribution in [0.15, 0.2) is 22.8 Å². The molecule has 1 amide bonds. The van der Waals surface area contributed by atoms with Crippen molar-refractivity contribution in [1.29, 1.82) is 0 Å². The Kier molecular flexibility index (Phi) is 4.93. The van der Waals surface area contributed by atoms with Crippen LogP contribution < -0.4 is 10.6 Å². The molecular formula is C12H18BrN3O. The molecule has 0 saturated heterocycles. The Morgan fingerprint density at radius 1 is 1.41 bits per heavy atom. The van der Waals surface area contributed by atoms with E-state index >= 15 is 0 Å². The molecule has 0 bridgehead atoms. The highest BCUT2D eigenvalue weighted by molar-refractivity contribution is 9.10. The zero-order valence-corrected chi connectivity index (χ0v) is 12.0. The molecule has 0 aromatic carbocycles. The topological polar surface area (TPSA) is 54.0 Å². The maximum atomic E-state index is 11.5. The molecule has 1 aromatic heterocycles. The number of amides is 1. The number of rotatable bonds is 4. The first-order valence-electron chi connectivity index (χ1n) is 5.54. The van der Waals surface area contributed by atoms with E-state index in [2.05, 4.69) is 31.5 Å². The van der Waals surface area contributed by atoms with Crippen LogP contribution in [0, 0.1) is 0 Å². The molecule has 0 aliphatic rings. The molecule has 0 saturated carbocycles. The lowest BCUT2D eigenvalue weighted by Crippen LogP contribution is -2.41. The van der Waals surface area contributed by atoms with E-state index in [1.165, 1.54) is 0 Å². The maximum absolute atomic E-state index is 11.5. The summed E-state index contributed by atoms with van der Waals surface area (Å²) in [4.78, 5) is 15.8. The van der Waals surface area contributed by atoms with Crippen molar-refractivity contribution in [3.05, 3.63) is 22.8 Å². The molecule has 0 fully saturated rings. The summed E-state index contributed by atoms with van der Waals surface area (Å²) in [6.45, 7) is 6.47. The van der Waals surface area contributed by atoms with Crippen molar-refractivity contribution in [3.8, 4) is 0 Å². The van der Waals surface area contributed by atoms with Crippen LogP contribution >= 0.6 is 15.9 Å². The van der Waals surface area contributed by atoms with E-state index in [1.807, 2.05) is 39.0 Å². The molecule has 2 N–H and O–H groups in total. The molecule has 17 heavy (non-hydrogen) atoms. The molecule has 0 unspecified atom stereocenters. The van der Waals surface area contributed by atoms with Crippen LogP contribution in [0.3, 0.4) is 0 Å². The predicted octanol–water partition coefficient (Wildman–Crippen LogP) is 2.56. The highest BCUT2D eigenvalue weighted by Crippen LogP contribution is 2.09. The highest BCUT2D eigenvalue weighted by atomic mass is 79.9. The number of carbonyl (C=O) groups excluding carboxylic acids is 1. The van der Waals surface area contributed by atoms with Crippen LogP contribution in [0.4, 0.5) is 5.82 Å². The van der Waals surface area contributed by atoms with Crippen molar-refractivity contribution in [2.75, 3.05) is 11.9 Å². The molecule has 1 heterocycles. The van der Waals surface area contributed by atoms with Crippen molar-refractivity contribution >= 4 is 27.7 Å². The van der Waals surface area contributed by atoms with Gasteiger partial charge in [-0.25, -0.2) is 4.98 Å². The molecule has 1 aromatic rings. The summed E-state index contributed by atoms with van der Waals surface area (Å²) in [7, 11) is 0. The lowest BCUT2D eigenvalue weighted by molar-refractivity contribution is -0.122. The van der Waals surface area contributed by atoms with Crippen molar-refractivity contribution in [3.63, 3.8) is 0 Å². The molecule has 0 aliphatic carbocycles. The smallest absolute Gasteiger partial charge is 0.222 e. The first-order chi connectivity index (χ1) is 7.87. The average molecular weight is 300 g/mol. The van der Waals surface area contributed by atoms with Gasteiger partial charge in [0.05, 0.1) is 0 Å². The van der Waals surface area contributed by atoms with E-state index < -0.39 is 0 Å². The summed E-state index contributed by atoms with van der Waals surface area (Å²) in [5.41, 5.74) is -0.175. The number of aromatic nitrogens is 1. The Morgan fingerprint density at radius 3 is 2.71 bits per heavy atom. The molecule has 0 atom stereocenters. The van der Waals surface area contributed by atoms with Gasteiger partial charge in [-0.05, 0) is 48.8 Å². The van der Waals surface area contributed by atoms with Crippen molar-refractivity contribution in [1.82, 2.24) is 10.3 Å². The highest BCUT2D eigenvalue weighted by Gasteiger charge is 2.12. The van der Waals surface area contributed by atoms with Gasteiger partial charge < -0.3 is 10.6 Å². The van der Waals surface area contributed by atoms with Gasteiger partial charge in [-0.1, -0.05) is 6.07 Å². The van der Waals surface area contributed by atoms with Gasteiger partial charge in [-0.15, -0.1) is 0 Å². The number of pyridine rings is 1. The van der Waals surface area contributed by atoms with Gasteiger partial charge in [0.1, 0.15) is 10.4 Å². The number of hydrogen-bond acceptors (Lipinski definition) is 3. The second-order valence-electron chi connectivity index (χ2n) is 4.82. The van der Waals surface area contributed by atoms with Crippen molar-refractivity contribution in [2.45, 2.75) is 32.7 Å². The molecule has 4 nitrogen and oxygen atoms in total. The standard InChI is InChI=1S/C12H18BrN3O/c1-12(2,3)16-11(17)7-8-14-10-6-4-5-9(13)15-10/h4-6H,7-8H2,1-3H3,(H,14,15)(H,16,17). The normalized spacial score (nSPS) is 11.1. The first-order valence-corrected chi connectivity index (χ1v) is 6.33. The molecular weight excluding hydrogens is 282 g/mol. The van der Waals surface area contributed by atoms with Crippen molar-refractivity contribution in [2.24, 2.45) is 0 Å². The Labute approximate surface area is 110 Å². The second-order valence-corrected chi connectivity index (χ2v) is 5.63. The zero-order valence-electron chi connectivity index (χ0n) is 10.4. The van der Waals surface area contributed by atoms with Gasteiger partial charge in [-0.3, -0.25) is 4.79 Å². The van der Waals surface area contributed by atoms with E-state index in [0.717, 1.165) is 10.4 Å². The molecule has 94 valence electrons. The van der Waals surface area contributed by atoms with Gasteiger partial charge >= 0.3 is 0 Å². The monoisotopic (exact) mass is 299 g/mol. The Morgan fingerprint density at radius 2 is 2.12 bits per heavy atom. The third-order valence-corrected chi connectivity index (χ3v) is 2.33. The van der Waals surface area contributed by atoms with Crippen LogP contribution in [-0.4, -0.2) is 23.0 Å². The Bertz CT molecular complexity index is 388. The summed E-state index contributed by atoms with van der Waals surface area (Å²) in [6.07, 6.45) is 0.436. The number of hydrogen-bond donors (Lipinski definition) is 2. The molecule has 0 radical (unpaired) electrons. The van der Waals surface area contributed by atoms with Gasteiger partial charge in [0.15, 0.2) is 0 Å². The van der Waals surface area contributed by atoms with Gasteiger partial charge in [-0.2, -0.15) is 0 Å². The van der Waals surface area contributed by atoms with Gasteiger partial charge in [0, 0.05) is 18.5 Å². The zero-order chi connectivity index (χ0) is 12.9. The van der Waals surface area contributed by atoms with E-state index in [4.69, 9.17) is 0 Å². The minimum atomic E-state index is -0.175. The minimum absolute atomic E-state index is 0.0417. The van der Waals surface area contributed by atoms with E-state index in [-0.39, 0.29) is 11.4 Å². The lowest BCUT2D eigenvalue weighted by atomic mass is 10.1. The third kappa shape index (κ3) is 6.26. The molecule has 5 heteroatoms. The van der Waals surface area contributed by atoms with Crippen LogP contribution in [-0.2, 0) is 4.79 Å². The summed E-state index contributed by atoms with van der Waals surface area (Å²) in [5, 5.41) is 6.01. The number of nitrogens with zero attached hydrogens (tertiary/aromatic N) is 1. The summed E-state index contributed by atoms with van der Waals surface area (Å²) in [5.74, 6) is 0.808. The number of carbonyl (C=O) groups is 1. The van der Waals surface area contributed by atoms with Gasteiger partial charge in [0.2, 0.25) is 5.91 Å². The molecule has 1 rings (SSSR count). The fraction of sp³-hybridized carbons (Fsp3) is 0.500. The summed E-state index contributed by atoms with van der Waals surface area (Å²) < 4.78 is 0.779. The predicted molar refractivity (Wildman–Crippen MR) is 72.9 cm³/mol. The summed E-state index contributed by atoms with van der Waals surface area (Å²) >= 11 is 3.29. The number of halogens is 1. The fourth-order valence-corrected chi connectivity index (χ4v) is 1.64. The maximum Gasteiger partial charge on any atom is 0.222 e. The first kappa shape index (κ1) is 14.0. The largest absolute Gasteiger partial charge is 0.370 e. The third-order valence-electron chi connectivity index (χ3n) is 1.89. The number of anilines is 1. The number of nitrogens with one attached hydrogen (secondary N) is 2. The SMILES string of the molecule is CC(C)(C)NC(=O)CCNc1cccc(Br)n1. The van der Waals surface area contributed by atoms with Crippen LogP contribution in [0.25, 0.3) is 0 Å². The lowest BCUT2D eigenvalue weighted by Gasteiger charge is -2.20. The molecule has 0 aliphatic heterocycles. The van der Waals surface area contributed by atoms with E-state index in [9.17, 15) is 4.79 Å². The van der Waals surface area contributed by atoms with Crippen LogP contribution in [0.2, 0.25) is 0 Å². The summed E-state index contributed by atoms with van der Waals surface area (Å²) in [6, 6.07) is 5.62. The average Bonchev–Trinajstić information content (AvgIpc) is 2.14. The van der Waals surface area contributed by atoms with E-state index in [1.54, 1.807) is 0 Å². The van der Waals surface area contributed by atoms with Crippen LogP contribution in [0.1, 0.15) is 27.2 Å². The van der Waals surface area contributed by atoms with E-state index in [0.29, 0.717) is 13.0 Å². The minimum Gasteiger partial charge on any atom is -0.370 e. The fourth-order valence-electron chi connectivity index (χ4n) is 1.29. The van der Waals surface area contributed by atoms with Crippen molar-refractivity contribution < 1.29 is 4.79 Å². The Balaban J connectivity index is 2.31. The Hall–Kier alpha value is -1.10. The quantitative estimate of drug-likeness (QED) is 0.840. The van der Waals surface area contributed by atoms with Gasteiger partial charge in [0.25, 0.3) is 0 Å². The molecule has 0 spiro atoms. The second kappa shape index (κ2) is 6.00.